The molecule has 122 valence electrons. The van der Waals surface area contributed by atoms with Gasteiger partial charge >= 0.3 is 6.18 Å². The van der Waals surface area contributed by atoms with E-state index >= 15 is 0 Å². The van der Waals surface area contributed by atoms with E-state index in [2.05, 4.69) is 4.99 Å². The van der Waals surface area contributed by atoms with E-state index < -0.39 is 11.7 Å². The number of hydrogen-bond acceptors (Lipinski definition) is 2. The molecular formula is C18H18F3NO. The van der Waals surface area contributed by atoms with Crippen LogP contribution in [0.15, 0.2) is 47.5 Å². The van der Waals surface area contributed by atoms with Crippen molar-refractivity contribution in [1.29, 1.82) is 0 Å². The van der Waals surface area contributed by atoms with Gasteiger partial charge in [0, 0.05) is 11.8 Å². The summed E-state index contributed by atoms with van der Waals surface area (Å²) in [5.41, 5.74) is -0.166. The molecule has 0 aromatic heterocycles. The number of aromatic hydroxyl groups is 1. The number of benzene rings is 2. The van der Waals surface area contributed by atoms with Gasteiger partial charge in [0.1, 0.15) is 5.75 Å². The van der Waals surface area contributed by atoms with Crippen LogP contribution in [0.1, 0.15) is 37.5 Å². The van der Waals surface area contributed by atoms with Crippen molar-refractivity contribution in [2.75, 3.05) is 0 Å². The lowest BCUT2D eigenvalue weighted by Crippen LogP contribution is -2.11. The summed E-state index contributed by atoms with van der Waals surface area (Å²) in [6.45, 7) is 5.84. The van der Waals surface area contributed by atoms with Gasteiger partial charge in [-0.25, -0.2) is 0 Å². The predicted octanol–water partition coefficient (Wildman–Crippen LogP) is 5.46. The highest BCUT2D eigenvalue weighted by Crippen LogP contribution is 2.36. The number of phenolic OH excluding ortho intramolecular Hbond substituents is 1. The molecule has 0 radical (unpaired) electrons. The second kappa shape index (κ2) is 6.07. The molecule has 2 rings (SSSR count). The Kier molecular flexibility index (Phi) is 4.50. The standard InChI is InChI=1S/C18H18F3NO/c1-17(2,3)14-9-6-7-12(16(14)23)11-22-15-10-5-4-8-13(15)18(19,20)21/h4-11,23H,1-3H3. The molecule has 23 heavy (non-hydrogen) atoms. The van der Waals surface area contributed by atoms with Crippen molar-refractivity contribution in [2.45, 2.75) is 32.4 Å². The van der Waals surface area contributed by atoms with Crippen molar-refractivity contribution in [3.8, 4) is 5.75 Å². The average molecular weight is 321 g/mol. The first-order valence-electron chi connectivity index (χ1n) is 7.13. The van der Waals surface area contributed by atoms with Gasteiger partial charge in [-0.05, 0) is 29.2 Å². The Morgan fingerprint density at radius 3 is 2.13 bits per heavy atom. The molecule has 0 spiro atoms. The first-order valence-corrected chi connectivity index (χ1v) is 7.13. The largest absolute Gasteiger partial charge is 0.507 e. The third-order valence-electron chi connectivity index (χ3n) is 3.43. The number of aliphatic imine (C=N–C) groups is 1. The maximum atomic E-state index is 13.0. The van der Waals surface area contributed by atoms with Gasteiger partial charge in [0.05, 0.1) is 11.3 Å². The molecule has 0 saturated heterocycles. The fraction of sp³-hybridized carbons (Fsp3) is 0.278. The predicted molar refractivity (Wildman–Crippen MR) is 85.5 cm³/mol. The first-order chi connectivity index (χ1) is 10.6. The quantitative estimate of drug-likeness (QED) is 0.732. The maximum Gasteiger partial charge on any atom is 0.418 e. The first kappa shape index (κ1) is 17.1. The molecule has 0 unspecified atom stereocenters. The minimum atomic E-state index is -4.47. The number of phenols is 1. The van der Waals surface area contributed by atoms with E-state index in [0.717, 1.165) is 6.07 Å². The molecule has 2 aromatic rings. The van der Waals surface area contributed by atoms with Gasteiger partial charge in [-0.3, -0.25) is 4.99 Å². The van der Waals surface area contributed by atoms with Crippen molar-refractivity contribution < 1.29 is 18.3 Å². The van der Waals surface area contributed by atoms with Gasteiger partial charge in [0.25, 0.3) is 0 Å². The van der Waals surface area contributed by atoms with Crippen LogP contribution in [0, 0.1) is 0 Å². The lowest BCUT2D eigenvalue weighted by molar-refractivity contribution is -0.137. The zero-order valence-electron chi connectivity index (χ0n) is 13.1. The second-order valence-corrected chi connectivity index (χ2v) is 6.27. The summed E-state index contributed by atoms with van der Waals surface area (Å²) < 4.78 is 38.9. The Bertz CT molecular complexity index is 728. The van der Waals surface area contributed by atoms with Gasteiger partial charge in [-0.1, -0.05) is 45.0 Å². The van der Waals surface area contributed by atoms with Gasteiger partial charge in [0.2, 0.25) is 0 Å². The van der Waals surface area contributed by atoms with Crippen molar-refractivity contribution in [3.05, 3.63) is 59.2 Å². The van der Waals surface area contributed by atoms with Gasteiger partial charge in [-0.2, -0.15) is 13.2 Å². The molecular weight excluding hydrogens is 303 g/mol. The van der Waals surface area contributed by atoms with Crippen molar-refractivity contribution in [1.82, 2.24) is 0 Å². The zero-order chi connectivity index (χ0) is 17.3. The minimum Gasteiger partial charge on any atom is -0.507 e. The molecule has 0 amide bonds. The highest BCUT2D eigenvalue weighted by molar-refractivity contribution is 5.86. The van der Waals surface area contributed by atoms with Crippen LogP contribution in [0.3, 0.4) is 0 Å². The number of nitrogens with zero attached hydrogens (tertiary/aromatic N) is 1. The molecule has 0 aliphatic heterocycles. The molecule has 5 heteroatoms. The summed E-state index contributed by atoms with van der Waals surface area (Å²) in [5.74, 6) is 0.0354. The van der Waals surface area contributed by atoms with E-state index in [4.69, 9.17) is 0 Å². The van der Waals surface area contributed by atoms with Crippen LogP contribution in [-0.4, -0.2) is 11.3 Å². The average Bonchev–Trinajstić information content (AvgIpc) is 2.44. The molecule has 1 N–H and O–H groups in total. The SMILES string of the molecule is CC(C)(C)c1cccc(C=Nc2ccccc2C(F)(F)F)c1O. The monoisotopic (exact) mass is 321 g/mol. The van der Waals surface area contributed by atoms with E-state index in [1.165, 1.54) is 24.4 Å². The molecule has 0 aliphatic rings. The van der Waals surface area contributed by atoms with Crippen LogP contribution < -0.4 is 0 Å². The number of para-hydroxylation sites is 2. The maximum absolute atomic E-state index is 13.0. The molecule has 0 bridgehead atoms. The van der Waals surface area contributed by atoms with Crippen LogP contribution in [-0.2, 0) is 11.6 Å². The Morgan fingerprint density at radius 2 is 1.52 bits per heavy atom. The van der Waals surface area contributed by atoms with Crippen molar-refractivity contribution in [2.24, 2.45) is 4.99 Å². The molecule has 2 aromatic carbocycles. The Balaban J connectivity index is 2.44. The normalized spacial score (nSPS) is 12.8. The summed E-state index contributed by atoms with van der Waals surface area (Å²) in [7, 11) is 0. The fourth-order valence-electron chi connectivity index (χ4n) is 2.24. The van der Waals surface area contributed by atoms with Gasteiger partial charge in [-0.15, -0.1) is 0 Å². The topological polar surface area (TPSA) is 32.6 Å². The summed E-state index contributed by atoms with van der Waals surface area (Å²) in [6.07, 6.45) is -3.21. The highest BCUT2D eigenvalue weighted by atomic mass is 19.4. The van der Waals surface area contributed by atoms with Crippen LogP contribution in [0.2, 0.25) is 0 Å². The molecule has 0 aliphatic carbocycles. The van der Waals surface area contributed by atoms with E-state index in [1.54, 1.807) is 18.2 Å². The second-order valence-electron chi connectivity index (χ2n) is 6.27. The molecule has 0 atom stereocenters. The van der Waals surface area contributed by atoms with Gasteiger partial charge in [0.15, 0.2) is 0 Å². The Morgan fingerprint density at radius 1 is 0.913 bits per heavy atom. The summed E-state index contributed by atoms with van der Waals surface area (Å²) >= 11 is 0. The van der Waals surface area contributed by atoms with Crippen LogP contribution >= 0.6 is 0 Å². The van der Waals surface area contributed by atoms with E-state index in [9.17, 15) is 18.3 Å². The number of alkyl halides is 3. The zero-order valence-corrected chi connectivity index (χ0v) is 13.1. The number of halogens is 3. The lowest BCUT2D eigenvalue weighted by Gasteiger charge is -2.21. The third kappa shape index (κ3) is 3.92. The third-order valence-corrected chi connectivity index (χ3v) is 3.43. The van der Waals surface area contributed by atoms with Crippen molar-refractivity contribution >= 4 is 11.9 Å². The van der Waals surface area contributed by atoms with E-state index in [1.807, 2.05) is 20.8 Å². The van der Waals surface area contributed by atoms with E-state index in [0.29, 0.717) is 11.1 Å². The van der Waals surface area contributed by atoms with E-state index in [-0.39, 0.29) is 16.9 Å². The van der Waals surface area contributed by atoms with Crippen molar-refractivity contribution in [3.63, 3.8) is 0 Å². The smallest absolute Gasteiger partial charge is 0.418 e. The summed E-state index contributed by atoms with van der Waals surface area (Å²) in [6, 6.07) is 10.2. The molecule has 2 nitrogen and oxygen atoms in total. The van der Waals surface area contributed by atoms with Crippen LogP contribution in [0.25, 0.3) is 0 Å². The highest BCUT2D eigenvalue weighted by Gasteiger charge is 2.33. The molecule has 0 heterocycles. The molecule has 0 fully saturated rings. The number of hydrogen-bond donors (Lipinski definition) is 1. The minimum absolute atomic E-state index is 0.0354. The molecule has 0 saturated carbocycles. The lowest BCUT2D eigenvalue weighted by atomic mass is 9.85. The summed E-state index contributed by atoms with van der Waals surface area (Å²) in [4.78, 5) is 3.92. The number of rotatable bonds is 2. The van der Waals surface area contributed by atoms with Crippen LogP contribution in [0.5, 0.6) is 5.75 Å². The fourth-order valence-corrected chi connectivity index (χ4v) is 2.24. The Labute approximate surface area is 133 Å². The summed E-state index contributed by atoms with van der Waals surface area (Å²) in [5, 5.41) is 10.3. The van der Waals surface area contributed by atoms with Gasteiger partial charge < -0.3 is 5.11 Å². The van der Waals surface area contributed by atoms with Crippen LogP contribution in [0.4, 0.5) is 18.9 Å². The Hall–Kier alpha value is -2.30.